The lowest BCUT2D eigenvalue weighted by atomic mass is 9.98. The second-order valence-electron chi connectivity index (χ2n) is 2.31. The van der Waals surface area contributed by atoms with Crippen molar-refractivity contribution in [3.8, 4) is 0 Å². The van der Waals surface area contributed by atoms with Gasteiger partial charge in [-0.05, 0) is 6.08 Å². The van der Waals surface area contributed by atoms with Crippen molar-refractivity contribution in [3.05, 3.63) is 11.8 Å². The molecular weight excluding hydrogens is 132 g/mol. The first-order valence-electron chi connectivity index (χ1n) is 2.96. The third-order valence-corrected chi connectivity index (χ3v) is 1.48. The lowest BCUT2D eigenvalue weighted by molar-refractivity contribution is -0.154. The average molecular weight is 142 g/mol. The van der Waals surface area contributed by atoms with E-state index in [0.717, 1.165) is 6.21 Å². The summed E-state index contributed by atoms with van der Waals surface area (Å²) in [5.74, 6) is 0. The first-order chi connectivity index (χ1) is 4.69. The fourth-order valence-corrected chi connectivity index (χ4v) is 0.707. The molecule has 4 N–H and O–H groups in total. The molecule has 4 heteroatoms. The van der Waals surface area contributed by atoms with Gasteiger partial charge in [-0.3, -0.25) is 0 Å². The molecular formula is C6H10N2O2. The minimum absolute atomic E-state index is 0.239. The zero-order chi connectivity index (χ0) is 7.61. The van der Waals surface area contributed by atoms with Crippen LogP contribution in [0.1, 0.15) is 0 Å². The van der Waals surface area contributed by atoms with Crippen molar-refractivity contribution in [3.63, 3.8) is 0 Å². The summed E-state index contributed by atoms with van der Waals surface area (Å²) in [6, 6.07) is 0. The molecule has 0 aromatic carbocycles. The Bertz CT molecular complexity index is 173. The Morgan fingerprint density at radius 2 is 2.30 bits per heavy atom. The van der Waals surface area contributed by atoms with Gasteiger partial charge >= 0.3 is 0 Å². The fraction of sp³-hybridized carbons (Fsp3) is 0.500. The van der Waals surface area contributed by atoms with Crippen LogP contribution < -0.4 is 5.73 Å². The van der Waals surface area contributed by atoms with Gasteiger partial charge in [-0.25, -0.2) is 0 Å². The molecule has 1 heterocycles. The predicted octanol–water partition coefficient (Wildman–Crippen LogP) is -0.760. The zero-order valence-electron chi connectivity index (χ0n) is 5.50. The Morgan fingerprint density at radius 3 is 2.60 bits per heavy atom. The molecule has 0 amide bonds. The van der Waals surface area contributed by atoms with E-state index >= 15 is 0 Å². The van der Waals surface area contributed by atoms with E-state index in [9.17, 15) is 5.11 Å². The summed E-state index contributed by atoms with van der Waals surface area (Å²) in [4.78, 5) is 0. The smallest absolute Gasteiger partial charge is 0.150 e. The van der Waals surface area contributed by atoms with Crippen LogP contribution in [0.15, 0.2) is 11.8 Å². The molecule has 1 aliphatic rings. The normalized spacial score (nSPS) is 23.5. The predicted molar refractivity (Wildman–Crippen MR) is 36.8 cm³/mol. The topological polar surface area (TPSA) is 79.3 Å². The van der Waals surface area contributed by atoms with Gasteiger partial charge in [0.1, 0.15) is 0 Å². The molecule has 0 bridgehead atoms. The van der Waals surface area contributed by atoms with Crippen molar-refractivity contribution < 1.29 is 9.84 Å². The molecule has 0 radical (unpaired) electrons. The van der Waals surface area contributed by atoms with Gasteiger partial charge in [0, 0.05) is 11.9 Å². The Kier molecular flexibility index (Phi) is 1.74. The van der Waals surface area contributed by atoms with Crippen LogP contribution in [0.4, 0.5) is 0 Å². The molecule has 0 aromatic heterocycles. The van der Waals surface area contributed by atoms with Crippen molar-refractivity contribution in [2.45, 2.75) is 5.60 Å². The third-order valence-electron chi connectivity index (χ3n) is 1.48. The average Bonchev–Trinajstić information content (AvgIpc) is 1.83. The van der Waals surface area contributed by atoms with E-state index in [-0.39, 0.29) is 13.2 Å². The van der Waals surface area contributed by atoms with Crippen molar-refractivity contribution >= 4 is 6.21 Å². The van der Waals surface area contributed by atoms with Crippen LogP contribution in [0.2, 0.25) is 0 Å². The first kappa shape index (κ1) is 7.24. The Hall–Kier alpha value is -0.870. The SMILES string of the molecule is N=C/C=C(\N)C1(O)COC1. The summed E-state index contributed by atoms with van der Waals surface area (Å²) < 4.78 is 4.76. The van der Waals surface area contributed by atoms with Gasteiger partial charge in [0.15, 0.2) is 5.60 Å². The Morgan fingerprint density at radius 1 is 1.70 bits per heavy atom. The highest BCUT2D eigenvalue weighted by atomic mass is 16.5. The standard InChI is InChI=1S/C6H10N2O2/c7-2-1-5(8)6(9)3-10-4-6/h1-2,7,9H,3-4,8H2/b5-1-,7-2?. The number of aliphatic hydroxyl groups is 1. The molecule has 1 saturated heterocycles. The zero-order valence-corrected chi connectivity index (χ0v) is 5.50. The molecule has 0 unspecified atom stereocenters. The van der Waals surface area contributed by atoms with Gasteiger partial charge in [0.2, 0.25) is 0 Å². The number of nitrogens with two attached hydrogens (primary N) is 1. The minimum atomic E-state index is -1.00. The summed E-state index contributed by atoms with van der Waals surface area (Å²) in [7, 11) is 0. The van der Waals surface area contributed by atoms with Crippen molar-refractivity contribution in [1.29, 1.82) is 5.41 Å². The highest BCUT2D eigenvalue weighted by molar-refractivity contribution is 5.69. The van der Waals surface area contributed by atoms with Crippen LogP contribution in [0.5, 0.6) is 0 Å². The maximum atomic E-state index is 9.39. The molecule has 1 aliphatic heterocycles. The van der Waals surface area contributed by atoms with E-state index in [1.54, 1.807) is 0 Å². The molecule has 0 saturated carbocycles. The number of allylic oxidation sites excluding steroid dienone is 1. The van der Waals surface area contributed by atoms with Crippen LogP contribution in [0.3, 0.4) is 0 Å². The number of nitrogens with one attached hydrogen (secondary N) is 1. The van der Waals surface area contributed by atoms with E-state index in [0.29, 0.717) is 5.70 Å². The summed E-state index contributed by atoms with van der Waals surface area (Å²) >= 11 is 0. The van der Waals surface area contributed by atoms with Crippen LogP contribution in [-0.4, -0.2) is 30.1 Å². The van der Waals surface area contributed by atoms with Gasteiger partial charge in [-0.2, -0.15) is 0 Å². The number of hydrogen-bond donors (Lipinski definition) is 3. The highest BCUT2D eigenvalue weighted by Crippen LogP contribution is 2.21. The molecule has 56 valence electrons. The monoisotopic (exact) mass is 142 g/mol. The maximum absolute atomic E-state index is 9.39. The number of hydrogen-bond acceptors (Lipinski definition) is 4. The van der Waals surface area contributed by atoms with Gasteiger partial charge in [-0.15, -0.1) is 0 Å². The molecule has 1 rings (SSSR count). The minimum Gasteiger partial charge on any atom is -0.399 e. The van der Waals surface area contributed by atoms with Gasteiger partial charge in [-0.1, -0.05) is 0 Å². The number of ether oxygens (including phenoxy) is 1. The lowest BCUT2D eigenvalue weighted by Gasteiger charge is -2.36. The van der Waals surface area contributed by atoms with E-state index in [1.165, 1.54) is 6.08 Å². The summed E-state index contributed by atoms with van der Waals surface area (Å²) in [6.45, 7) is 0.479. The molecule has 1 fully saturated rings. The second kappa shape index (κ2) is 2.40. The maximum Gasteiger partial charge on any atom is 0.150 e. The van der Waals surface area contributed by atoms with Crippen molar-refractivity contribution in [2.75, 3.05) is 13.2 Å². The van der Waals surface area contributed by atoms with Crippen LogP contribution >= 0.6 is 0 Å². The Balaban J connectivity index is 2.62. The quantitative estimate of drug-likeness (QED) is 0.443. The van der Waals surface area contributed by atoms with E-state index in [1.807, 2.05) is 0 Å². The van der Waals surface area contributed by atoms with E-state index < -0.39 is 5.60 Å². The van der Waals surface area contributed by atoms with E-state index in [2.05, 4.69) is 0 Å². The van der Waals surface area contributed by atoms with Crippen LogP contribution in [0.25, 0.3) is 0 Å². The Labute approximate surface area is 58.8 Å². The third kappa shape index (κ3) is 1.03. The molecule has 0 aromatic rings. The van der Waals surface area contributed by atoms with Crippen LogP contribution in [-0.2, 0) is 4.74 Å². The van der Waals surface area contributed by atoms with E-state index in [4.69, 9.17) is 15.9 Å². The molecule has 4 nitrogen and oxygen atoms in total. The molecule has 0 spiro atoms. The van der Waals surface area contributed by atoms with Gasteiger partial charge in [0.25, 0.3) is 0 Å². The molecule has 0 aliphatic carbocycles. The summed E-state index contributed by atoms with van der Waals surface area (Å²) in [6.07, 6.45) is 2.41. The fourth-order valence-electron chi connectivity index (χ4n) is 0.707. The largest absolute Gasteiger partial charge is 0.399 e. The van der Waals surface area contributed by atoms with Gasteiger partial charge < -0.3 is 21.0 Å². The van der Waals surface area contributed by atoms with Crippen molar-refractivity contribution in [2.24, 2.45) is 5.73 Å². The second-order valence-corrected chi connectivity index (χ2v) is 2.31. The number of rotatable bonds is 2. The first-order valence-corrected chi connectivity index (χ1v) is 2.96. The molecule has 10 heavy (non-hydrogen) atoms. The lowest BCUT2D eigenvalue weighted by Crippen LogP contribution is -2.53. The summed E-state index contributed by atoms with van der Waals surface area (Å²) in [5.41, 5.74) is 4.70. The molecule has 0 atom stereocenters. The van der Waals surface area contributed by atoms with Crippen molar-refractivity contribution in [1.82, 2.24) is 0 Å². The van der Waals surface area contributed by atoms with Gasteiger partial charge in [0.05, 0.1) is 13.2 Å². The summed E-state index contributed by atoms with van der Waals surface area (Å²) in [5, 5.41) is 16.1. The highest BCUT2D eigenvalue weighted by Gasteiger charge is 2.38. The van der Waals surface area contributed by atoms with Crippen LogP contribution in [0, 0.1) is 5.41 Å².